The van der Waals surface area contributed by atoms with Gasteiger partial charge in [0.25, 0.3) is 0 Å². The maximum Gasteiger partial charge on any atom is 0.195 e. The molecule has 0 aliphatic carbocycles. The predicted molar refractivity (Wildman–Crippen MR) is 59.2 cm³/mol. The molecular weight excluding hydrogens is 190 g/mol. The highest BCUT2D eigenvalue weighted by molar-refractivity contribution is 5.80. The van der Waals surface area contributed by atoms with Crippen molar-refractivity contribution in [1.29, 1.82) is 0 Å². The predicted octanol–water partition coefficient (Wildman–Crippen LogP) is 2.10. The Morgan fingerprint density at radius 3 is 2.67 bits per heavy atom. The second-order valence-electron chi connectivity index (χ2n) is 3.89. The zero-order valence-electron chi connectivity index (χ0n) is 9.48. The number of hydrogen-bond donors (Lipinski definition) is 0. The first-order valence-electron chi connectivity index (χ1n) is 4.99. The summed E-state index contributed by atoms with van der Waals surface area (Å²) in [6.45, 7) is 4.25. The zero-order chi connectivity index (χ0) is 11.0. The largest absolute Gasteiger partial charge is 0.482 e. The van der Waals surface area contributed by atoms with Crippen LogP contribution in [0.25, 0.3) is 11.0 Å². The van der Waals surface area contributed by atoms with Gasteiger partial charge in [0.2, 0.25) is 0 Å². The van der Waals surface area contributed by atoms with Crippen molar-refractivity contribution in [3.8, 4) is 5.88 Å². The van der Waals surface area contributed by atoms with Crippen LogP contribution in [0.15, 0.2) is 12.4 Å². The third-order valence-corrected chi connectivity index (χ3v) is 2.56. The number of rotatable bonds is 2. The standard InChI is InChI=1S/C11H15N3O/c1-7(2)10-11-8(12-6-13-10)5-9(15-4)14(11)3/h5-7H,1-4H3. The second-order valence-corrected chi connectivity index (χ2v) is 3.89. The number of methoxy groups -OCH3 is 1. The summed E-state index contributed by atoms with van der Waals surface area (Å²) in [4.78, 5) is 8.57. The summed E-state index contributed by atoms with van der Waals surface area (Å²) in [6.07, 6.45) is 1.61. The average Bonchev–Trinajstić information content (AvgIpc) is 2.55. The third-order valence-electron chi connectivity index (χ3n) is 2.56. The number of nitrogens with zero attached hydrogens (tertiary/aromatic N) is 3. The molecule has 0 N–H and O–H groups in total. The molecule has 0 aliphatic heterocycles. The Kier molecular flexibility index (Phi) is 2.34. The highest BCUT2D eigenvalue weighted by Gasteiger charge is 2.13. The number of hydrogen-bond acceptors (Lipinski definition) is 3. The van der Waals surface area contributed by atoms with Gasteiger partial charge in [0, 0.05) is 13.1 Å². The van der Waals surface area contributed by atoms with Crippen molar-refractivity contribution in [1.82, 2.24) is 14.5 Å². The molecule has 0 fully saturated rings. The molecule has 0 saturated heterocycles. The van der Waals surface area contributed by atoms with Crippen molar-refractivity contribution in [2.24, 2.45) is 7.05 Å². The van der Waals surface area contributed by atoms with Gasteiger partial charge in [-0.15, -0.1) is 0 Å². The molecule has 0 amide bonds. The van der Waals surface area contributed by atoms with Gasteiger partial charge in [0.1, 0.15) is 6.33 Å². The summed E-state index contributed by atoms with van der Waals surface area (Å²) in [5.41, 5.74) is 3.06. The van der Waals surface area contributed by atoms with E-state index < -0.39 is 0 Å². The number of aryl methyl sites for hydroxylation is 1. The summed E-state index contributed by atoms with van der Waals surface area (Å²) in [5.74, 6) is 1.20. The van der Waals surface area contributed by atoms with Crippen molar-refractivity contribution in [3.05, 3.63) is 18.1 Å². The molecule has 2 aromatic heterocycles. The van der Waals surface area contributed by atoms with E-state index in [1.807, 2.05) is 17.7 Å². The topological polar surface area (TPSA) is 39.9 Å². The van der Waals surface area contributed by atoms with Gasteiger partial charge < -0.3 is 9.30 Å². The fraction of sp³-hybridized carbons (Fsp3) is 0.455. The average molecular weight is 205 g/mol. The lowest BCUT2D eigenvalue weighted by molar-refractivity contribution is 0.384. The molecule has 2 rings (SSSR count). The van der Waals surface area contributed by atoms with Crippen LogP contribution in [-0.4, -0.2) is 21.6 Å². The lowest BCUT2D eigenvalue weighted by atomic mass is 10.1. The Morgan fingerprint density at radius 1 is 1.33 bits per heavy atom. The van der Waals surface area contributed by atoms with Crippen LogP contribution < -0.4 is 4.74 Å². The van der Waals surface area contributed by atoms with E-state index in [1.54, 1.807) is 13.4 Å². The monoisotopic (exact) mass is 205 g/mol. The molecule has 4 heteroatoms. The highest BCUT2D eigenvalue weighted by Crippen LogP contribution is 2.27. The minimum absolute atomic E-state index is 0.383. The summed E-state index contributed by atoms with van der Waals surface area (Å²) in [7, 11) is 3.63. The van der Waals surface area contributed by atoms with E-state index in [0.717, 1.165) is 22.6 Å². The maximum absolute atomic E-state index is 5.26. The van der Waals surface area contributed by atoms with Crippen LogP contribution in [0.4, 0.5) is 0 Å². The van der Waals surface area contributed by atoms with Gasteiger partial charge in [-0.3, -0.25) is 0 Å². The molecule has 0 spiro atoms. The molecule has 0 bridgehead atoms. The Hall–Kier alpha value is -1.58. The van der Waals surface area contributed by atoms with Gasteiger partial charge in [0.15, 0.2) is 5.88 Å². The fourth-order valence-corrected chi connectivity index (χ4v) is 1.80. The van der Waals surface area contributed by atoms with Gasteiger partial charge in [0.05, 0.1) is 23.8 Å². The maximum atomic E-state index is 5.26. The molecule has 80 valence electrons. The van der Waals surface area contributed by atoms with E-state index in [0.29, 0.717) is 5.92 Å². The van der Waals surface area contributed by atoms with Crippen LogP contribution in [0.3, 0.4) is 0 Å². The molecule has 0 radical (unpaired) electrons. The van der Waals surface area contributed by atoms with Gasteiger partial charge in [-0.2, -0.15) is 0 Å². The second kappa shape index (κ2) is 3.53. The van der Waals surface area contributed by atoms with Crippen molar-refractivity contribution in [3.63, 3.8) is 0 Å². The van der Waals surface area contributed by atoms with Crippen LogP contribution in [0.1, 0.15) is 25.5 Å². The van der Waals surface area contributed by atoms with Gasteiger partial charge in [-0.25, -0.2) is 9.97 Å². The quantitative estimate of drug-likeness (QED) is 0.753. The first-order valence-corrected chi connectivity index (χ1v) is 4.99. The van der Waals surface area contributed by atoms with Crippen molar-refractivity contribution >= 4 is 11.0 Å². The van der Waals surface area contributed by atoms with Crippen LogP contribution >= 0.6 is 0 Å². The third kappa shape index (κ3) is 1.46. The highest BCUT2D eigenvalue weighted by atomic mass is 16.5. The fourth-order valence-electron chi connectivity index (χ4n) is 1.80. The van der Waals surface area contributed by atoms with E-state index >= 15 is 0 Å². The number of aromatic nitrogens is 3. The van der Waals surface area contributed by atoms with E-state index in [4.69, 9.17) is 4.74 Å². The molecule has 0 aliphatic rings. The van der Waals surface area contributed by atoms with Gasteiger partial charge >= 0.3 is 0 Å². The summed E-state index contributed by atoms with van der Waals surface area (Å²) in [5, 5.41) is 0. The Labute approximate surface area is 88.9 Å². The Balaban J connectivity index is 2.78. The van der Waals surface area contributed by atoms with Crippen molar-refractivity contribution in [2.45, 2.75) is 19.8 Å². The Bertz CT molecular complexity index is 488. The SMILES string of the molecule is COc1cc2ncnc(C(C)C)c2n1C. The van der Waals surface area contributed by atoms with E-state index in [9.17, 15) is 0 Å². The summed E-state index contributed by atoms with van der Waals surface area (Å²) >= 11 is 0. The van der Waals surface area contributed by atoms with E-state index in [-0.39, 0.29) is 0 Å². The lowest BCUT2D eigenvalue weighted by Gasteiger charge is -2.08. The molecule has 2 heterocycles. The first kappa shape index (κ1) is 9.96. The van der Waals surface area contributed by atoms with Gasteiger partial charge in [-0.1, -0.05) is 13.8 Å². The zero-order valence-corrected chi connectivity index (χ0v) is 9.48. The minimum Gasteiger partial charge on any atom is -0.482 e. The molecule has 0 atom stereocenters. The van der Waals surface area contributed by atoms with Crippen molar-refractivity contribution < 1.29 is 4.74 Å². The first-order chi connectivity index (χ1) is 7.15. The summed E-state index contributed by atoms with van der Waals surface area (Å²) < 4.78 is 7.25. The number of fused-ring (bicyclic) bond motifs is 1. The minimum atomic E-state index is 0.383. The number of ether oxygens (including phenoxy) is 1. The molecule has 0 saturated carbocycles. The molecule has 0 unspecified atom stereocenters. The smallest absolute Gasteiger partial charge is 0.195 e. The molecule has 2 aromatic rings. The van der Waals surface area contributed by atoms with Crippen LogP contribution in [0.2, 0.25) is 0 Å². The lowest BCUT2D eigenvalue weighted by Crippen LogP contribution is -2.00. The van der Waals surface area contributed by atoms with E-state index in [1.165, 1.54) is 0 Å². The van der Waals surface area contributed by atoms with Crippen LogP contribution in [0.5, 0.6) is 5.88 Å². The molecular formula is C11H15N3O. The van der Waals surface area contributed by atoms with Gasteiger partial charge in [-0.05, 0) is 5.92 Å². The molecule has 0 aromatic carbocycles. The molecule has 4 nitrogen and oxygen atoms in total. The molecule has 15 heavy (non-hydrogen) atoms. The Morgan fingerprint density at radius 2 is 2.07 bits per heavy atom. The van der Waals surface area contributed by atoms with E-state index in [2.05, 4.69) is 23.8 Å². The summed E-state index contributed by atoms with van der Waals surface area (Å²) in [6, 6.07) is 1.93. The van der Waals surface area contributed by atoms with Crippen molar-refractivity contribution in [2.75, 3.05) is 7.11 Å². The normalized spacial score (nSPS) is 11.3. The van der Waals surface area contributed by atoms with Crippen LogP contribution in [-0.2, 0) is 7.05 Å². The van der Waals surface area contributed by atoms with Crippen LogP contribution in [0, 0.1) is 0 Å².